The third-order valence-electron chi connectivity index (χ3n) is 3.08. The molecule has 0 bridgehead atoms. The first-order chi connectivity index (χ1) is 10.2. The van der Waals surface area contributed by atoms with Crippen LogP contribution in [-0.2, 0) is 0 Å². The number of carbonyl (C=O) groups excluding carboxylic acids is 1. The van der Waals surface area contributed by atoms with E-state index in [1.807, 2.05) is 48.5 Å². The molecule has 2 rings (SSSR count). The van der Waals surface area contributed by atoms with E-state index in [1.165, 1.54) is 0 Å². The number of nitrogens with one attached hydrogen (secondary N) is 2. The smallest absolute Gasteiger partial charge is 0.265 e. The average molecular weight is 301 g/mol. The maximum absolute atomic E-state index is 12.0. The fraction of sp³-hybridized carbons (Fsp3) is 0.118. The van der Waals surface area contributed by atoms with Gasteiger partial charge in [-0.05, 0) is 17.7 Å². The van der Waals surface area contributed by atoms with Crippen molar-refractivity contribution in [3.63, 3.8) is 0 Å². The Morgan fingerprint density at radius 2 is 1.62 bits per heavy atom. The Hall–Kier alpha value is -2.10. The second kappa shape index (κ2) is 7.62. The Bertz CT molecular complexity index is 586. The van der Waals surface area contributed by atoms with E-state index in [0.29, 0.717) is 5.56 Å². The van der Waals surface area contributed by atoms with Gasteiger partial charge in [-0.3, -0.25) is 10.2 Å². The molecule has 2 aromatic rings. The Labute approximate surface area is 129 Å². The molecule has 3 nitrogen and oxygen atoms in total. The minimum absolute atomic E-state index is 0.204. The molecule has 1 amide bonds. The number of hydrogen-bond acceptors (Lipinski definition) is 2. The molecule has 2 unspecified atom stereocenters. The highest BCUT2D eigenvalue weighted by Gasteiger charge is 2.19. The van der Waals surface area contributed by atoms with Gasteiger partial charge in [0.1, 0.15) is 0 Å². The van der Waals surface area contributed by atoms with E-state index in [9.17, 15) is 4.79 Å². The molecule has 2 N–H and O–H groups in total. The van der Waals surface area contributed by atoms with Crippen molar-refractivity contribution in [3.05, 3.63) is 84.4 Å². The zero-order chi connectivity index (χ0) is 15.1. The first-order valence-electron chi connectivity index (χ1n) is 6.65. The number of alkyl halides is 1. The lowest BCUT2D eigenvalue weighted by atomic mass is 10.0. The number of rotatable bonds is 6. The van der Waals surface area contributed by atoms with Crippen LogP contribution in [0.25, 0.3) is 0 Å². The molecule has 0 heterocycles. The number of halogens is 1. The van der Waals surface area contributed by atoms with E-state index in [0.717, 1.165) is 5.56 Å². The van der Waals surface area contributed by atoms with Crippen molar-refractivity contribution < 1.29 is 4.79 Å². The predicted molar refractivity (Wildman–Crippen MR) is 86.1 cm³/mol. The van der Waals surface area contributed by atoms with Crippen LogP contribution >= 0.6 is 11.6 Å². The van der Waals surface area contributed by atoms with Gasteiger partial charge in [0, 0.05) is 5.56 Å². The third kappa shape index (κ3) is 4.18. The van der Waals surface area contributed by atoms with Crippen molar-refractivity contribution in [1.29, 1.82) is 0 Å². The second-order valence-electron chi connectivity index (χ2n) is 4.53. The standard InChI is InChI=1S/C17H17ClN2O/c1-2-15(18)16(13-9-5-3-6-10-13)19-20-17(21)14-11-7-4-8-12-14/h2-12,15-16,19H,1H2,(H,20,21). The molecular weight excluding hydrogens is 284 g/mol. The fourth-order valence-corrected chi connectivity index (χ4v) is 2.16. The molecule has 0 aromatic heterocycles. The van der Waals surface area contributed by atoms with Gasteiger partial charge in [-0.15, -0.1) is 18.2 Å². The molecule has 0 aliphatic carbocycles. The van der Waals surface area contributed by atoms with Gasteiger partial charge < -0.3 is 0 Å². The summed E-state index contributed by atoms with van der Waals surface area (Å²) in [6, 6.07) is 18.4. The molecule has 2 aromatic carbocycles. The lowest BCUT2D eigenvalue weighted by Crippen LogP contribution is -2.42. The van der Waals surface area contributed by atoms with Crippen molar-refractivity contribution in [2.75, 3.05) is 0 Å². The molecule has 2 atom stereocenters. The van der Waals surface area contributed by atoms with E-state index >= 15 is 0 Å². The molecule has 0 aliphatic rings. The van der Waals surface area contributed by atoms with Crippen molar-refractivity contribution in [2.45, 2.75) is 11.4 Å². The minimum atomic E-state index is -0.344. The number of benzene rings is 2. The summed E-state index contributed by atoms with van der Waals surface area (Å²) < 4.78 is 0. The van der Waals surface area contributed by atoms with Crippen LogP contribution < -0.4 is 10.9 Å². The number of hydrogen-bond donors (Lipinski definition) is 2. The first kappa shape index (κ1) is 15.3. The molecule has 4 heteroatoms. The van der Waals surface area contributed by atoms with Gasteiger partial charge in [-0.2, -0.15) is 0 Å². The molecule has 108 valence electrons. The van der Waals surface area contributed by atoms with Crippen molar-refractivity contribution in [2.24, 2.45) is 0 Å². The Morgan fingerprint density at radius 1 is 1.05 bits per heavy atom. The van der Waals surface area contributed by atoms with Crippen LogP contribution in [0, 0.1) is 0 Å². The molecule has 0 spiro atoms. The summed E-state index contributed by atoms with van der Waals surface area (Å²) in [4.78, 5) is 12.0. The lowest BCUT2D eigenvalue weighted by Gasteiger charge is -2.22. The van der Waals surface area contributed by atoms with Crippen LogP contribution in [0.5, 0.6) is 0 Å². The SMILES string of the molecule is C=CC(Cl)C(NNC(=O)c1ccccc1)c1ccccc1. The van der Waals surface area contributed by atoms with Crippen LogP contribution in [0.15, 0.2) is 73.3 Å². The molecule has 0 aliphatic heterocycles. The molecule has 21 heavy (non-hydrogen) atoms. The second-order valence-corrected chi connectivity index (χ2v) is 5.04. The average Bonchev–Trinajstić information content (AvgIpc) is 2.56. The Morgan fingerprint density at radius 3 is 2.19 bits per heavy atom. The summed E-state index contributed by atoms with van der Waals surface area (Å²) in [6.45, 7) is 3.71. The van der Waals surface area contributed by atoms with Crippen molar-refractivity contribution >= 4 is 17.5 Å². The maximum Gasteiger partial charge on any atom is 0.265 e. The molecule has 0 fully saturated rings. The van der Waals surface area contributed by atoms with E-state index in [2.05, 4.69) is 17.4 Å². The molecule has 0 saturated carbocycles. The van der Waals surface area contributed by atoms with E-state index in [1.54, 1.807) is 18.2 Å². The van der Waals surface area contributed by atoms with Gasteiger partial charge in [-0.1, -0.05) is 54.6 Å². The summed E-state index contributed by atoms with van der Waals surface area (Å²) in [5, 5.41) is -0.344. The van der Waals surface area contributed by atoms with Crippen molar-refractivity contribution in [3.8, 4) is 0 Å². The van der Waals surface area contributed by atoms with Gasteiger partial charge in [0.2, 0.25) is 0 Å². The number of carbonyl (C=O) groups is 1. The predicted octanol–water partition coefficient (Wildman–Crippen LogP) is 3.46. The first-order valence-corrected chi connectivity index (χ1v) is 7.08. The summed E-state index contributed by atoms with van der Waals surface area (Å²) in [7, 11) is 0. The molecule has 0 radical (unpaired) electrons. The summed E-state index contributed by atoms with van der Waals surface area (Å²) >= 11 is 6.26. The number of hydrazine groups is 1. The van der Waals surface area contributed by atoms with Crippen LogP contribution in [0.2, 0.25) is 0 Å². The summed E-state index contributed by atoms with van der Waals surface area (Å²) in [5.74, 6) is -0.204. The van der Waals surface area contributed by atoms with E-state index in [-0.39, 0.29) is 17.3 Å². The highest BCUT2D eigenvalue weighted by Crippen LogP contribution is 2.21. The topological polar surface area (TPSA) is 41.1 Å². The van der Waals surface area contributed by atoms with Crippen LogP contribution in [0.3, 0.4) is 0 Å². The van der Waals surface area contributed by atoms with Crippen LogP contribution in [0.1, 0.15) is 22.0 Å². The van der Waals surface area contributed by atoms with Gasteiger partial charge in [0.25, 0.3) is 5.91 Å². The van der Waals surface area contributed by atoms with Gasteiger partial charge in [0.05, 0.1) is 11.4 Å². The van der Waals surface area contributed by atoms with Gasteiger partial charge >= 0.3 is 0 Å². The zero-order valence-corrected chi connectivity index (χ0v) is 12.3. The zero-order valence-electron chi connectivity index (χ0n) is 11.5. The highest BCUT2D eigenvalue weighted by atomic mass is 35.5. The fourth-order valence-electron chi connectivity index (χ4n) is 1.95. The minimum Gasteiger partial charge on any atom is -0.287 e. The maximum atomic E-state index is 12.0. The van der Waals surface area contributed by atoms with Gasteiger partial charge in [0.15, 0.2) is 0 Å². The number of amides is 1. The lowest BCUT2D eigenvalue weighted by molar-refractivity contribution is 0.0925. The summed E-state index contributed by atoms with van der Waals surface area (Å²) in [6.07, 6.45) is 1.64. The quantitative estimate of drug-likeness (QED) is 0.487. The third-order valence-corrected chi connectivity index (χ3v) is 3.51. The molecular formula is C17H17ClN2O. The van der Waals surface area contributed by atoms with E-state index < -0.39 is 0 Å². The normalized spacial score (nSPS) is 13.2. The van der Waals surface area contributed by atoms with Crippen LogP contribution in [0.4, 0.5) is 0 Å². The van der Waals surface area contributed by atoms with E-state index in [4.69, 9.17) is 11.6 Å². The largest absolute Gasteiger partial charge is 0.287 e. The van der Waals surface area contributed by atoms with Crippen molar-refractivity contribution in [1.82, 2.24) is 10.9 Å². The monoisotopic (exact) mass is 300 g/mol. The highest BCUT2D eigenvalue weighted by molar-refractivity contribution is 6.22. The summed E-state index contributed by atoms with van der Waals surface area (Å²) in [5.41, 5.74) is 7.24. The Balaban J connectivity index is 2.06. The Kier molecular flexibility index (Phi) is 5.55. The van der Waals surface area contributed by atoms with Gasteiger partial charge in [-0.25, -0.2) is 5.43 Å². The molecule has 0 saturated heterocycles. The van der Waals surface area contributed by atoms with Crippen LogP contribution in [-0.4, -0.2) is 11.3 Å².